The van der Waals surface area contributed by atoms with Crippen LogP contribution >= 0.6 is 0 Å². The molecule has 0 aromatic carbocycles. The summed E-state index contributed by atoms with van der Waals surface area (Å²) in [6.45, 7) is 3.33. The van der Waals surface area contributed by atoms with Gasteiger partial charge in [-0.05, 0) is 13.3 Å². The lowest BCUT2D eigenvalue weighted by Gasteiger charge is -2.20. The molecule has 2 heterocycles. The number of carbonyl (C=O) groups is 1. The zero-order chi connectivity index (χ0) is 21.1. The van der Waals surface area contributed by atoms with Crippen molar-refractivity contribution in [1.82, 2.24) is 9.55 Å². The number of ether oxygens (including phenoxy) is 2. The molecule has 0 bridgehead atoms. The Morgan fingerprint density at radius 2 is 2.04 bits per heavy atom. The van der Waals surface area contributed by atoms with E-state index in [1.54, 1.807) is 0 Å². The highest BCUT2D eigenvalue weighted by atomic mass is 19.4. The zero-order valence-corrected chi connectivity index (χ0v) is 15.3. The van der Waals surface area contributed by atoms with Crippen LogP contribution in [0.5, 0.6) is 0 Å². The molecule has 158 valence electrons. The third-order valence-corrected chi connectivity index (χ3v) is 4.21. The molecule has 1 aromatic heterocycles. The number of carbonyl (C=O) groups excluding carboxylic acids is 1. The first-order chi connectivity index (χ1) is 13.1. The van der Waals surface area contributed by atoms with Crippen LogP contribution < -0.4 is 11.0 Å². The first-order valence-corrected chi connectivity index (χ1v) is 8.72. The van der Waals surface area contributed by atoms with Gasteiger partial charge in [0.05, 0.1) is 12.7 Å². The van der Waals surface area contributed by atoms with Crippen LogP contribution in [0.1, 0.15) is 44.9 Å². The van der Waals surface area contributed by atoms with E-state index in [1.807, 2.05) is 12.2 Å². The fraction of sp³-hybridized carbons (Fsp3) is 0.688. The van der Waals surface area contributed by atoms with Crippen molar-refractivity contribution in [3.8, 4) is 0 Å². The van der Waals surface area contributed by atoms with Crippen molar-refractivity contribution in [1.29, 1.82) is 0 Å². The van der Waals surface area contributed by atoms with E-state index in [0.717, 1.165) is 12.8 Å². The number of hydrogen-bond acceptors (Lipinski definition) is 7. The van der Waals surface area contributed by atoms with E-state index in [4.69, 9.17) is 9.47 Å². The van der Waals surface area contributed by atoms with Crippen molar-refractivity contribution in [2.45, 2.75) is 63.8 Å². The van der Waals surface area contributed by atoms with E-state index in [2.05, 4.69) is 4.98 Å². The lowest BCUT2D eigenvalue weighted by molar-refractivity contribution is -0.138. The van der Waals surface area contributed by atoms with Gasteiger partial charge in [0.2, 0.25) is 0 Å². The largest absolute Gasteiger partial charge is 0.449 e. The highest BCUT2D eigenvalue weighted by molar-refractivity contribution is 5.84. The van der Waals surface area contributed by atoms with Gasteiger partial charge in [0, 0.05) is 6.20 Å². The Kier molecular flexibility index (Phi) is 7.01. The van der Waals surface area contributed by atoms with Gasteiger partial charge in [-0.2, -0.15) is 18.2 Å². The van der Waals surface area contributed by atoms with Crippen LogP contribution in [0, 0.1) is 0 Å². The summed E-state index contributed by atoms with van der Waals surface area (Å²) in [4.78, 5) is 27.1. The van der Waals surface area contributed by atoms with Crippen molar-refractivity contribution in [3.63, 3.8) is 0 Å². The predicted molar refractivity (Wildman–Crippen MR) is 89.6 cm³/mol. The van der Waals surface area contributed by atoms with Crippen LogP contribution in [0.2, 0.25) is 0 Å². The van der Waals surface area contributed by atoms with E-state index in [1.165, 1.54) is 6.92 Å². The van der Waals surface area contributed by atoms with Crippen LogP contribution in [-0.4, -0.2) is 50.8 Å². The number of rotatable bonds is 6. The second-order valence-corrected chi connectivity index (χ2v) is 6.37. The third kappa shape index (κ3) is 5.00. The molecule has 1 saturated heterocycles. The fourth-order valence-electron chi connectivity index (χ4n) is 2.66. The number of aromatic nitrogens is 2. The molecule has 1 fully saturated rings. The van der Waals surface area contributed by atoms with Crippen molar-refractivity contribution in [2.24, 2.45) is 0 Å². The number of unbranched alkanes of at least 4 members (excludes halogenated alkanes) is 2. The average Bonchev–Trinajstić information content (AvgIpc) is 2.85. The van der Waals surface area contributed by atoms with Gasteiger partial charge in [-0.25, -0.2) is 9.59 Å². The number of alkyl halides is 3. The van der Waals surface area contributed by atoms with Gasteiger partial charge >= 0.3 is 18.0 Å². The minimum atomic E-state index is -4.97. The molecule has 1 amide bonds. The summed E-state index contributed by atoms with van der Waals surface area (Å²) < 4.78 is 50.6. The molecule has 28 heavy (non-hydrogen) atoms. The molecule has 4 atom stereocenters. The minimum Gasteiger partial charge on any atom is -0.449 e. The van der Waals surface area contributed by atoms with Gasteiger partial charge in [0.25, 0.3) is 0 Å². The second-order valence-electron chi connectivity index (χ2n) is 6.37. The minimum absolute atomic E-state index is 0.00989. The van der Waals surface area contributed by atoms with Crippen molar-refractivity contribution in [3.05, 3.63) is 22.2 Å². The maximum Gasteiger partial charge on any atom is 0.421 e. The summed E-state index contributed by atoms with van der Waals surface area (Å²) in [5, 5.41) is 21.5. The molecule has 2 unspecified atom stereocenters. The molecule has 1 aliphatic rings. The lowest BCUT2D eigenvalue weighted by Crippen LogP contribution is -2.37. The highest BCUT2D eigenvalue weighted by Crippen LogP contribution is 2.35. The first-order valence-electron chi connectivity index (χ1n) is 8.72. The van der Waals surface area contributed by atoms with Crippen LogP contribution in [-0.2, 0) is 15.7 Å². The van der Waals surface area contributed by atoms with E-state index in [0.29, 0.717) is 17.2 Å². The van der Waals surface area contributed by atoms with Crippen molar-refractivity contribution < 1.29 is 37.7 Å². The SMILES string of the molecule is CCCCCOC(=O)Nc1nc(=O)n([C@@H]2O[C@H](C)C(O)C2O)cc1C(F)(F)F. The standard InChI is InChI=1S/C16H22F3N3O6/c1-3-4-5-6-27-15(26)21-12-9(16(17,18)19)7-22(14(25)20-12)13-11(24)10(23)8(2)28-13/h7-8,10-11,13,23-24H,3-6H2,1-2H3,(H,20,21,25,26)/t8-,10?,11?,13-/m1/s1. The summed E-state index contributed by atoms with van der Waals surface area (Å²) in [6.07, 6.45) is -9.05. The number of aliphatic hydroxyl groups is 2. The maximum atomic E-state index is 13.4. The van der Waals surface area contributed by atoms with E-state index in [9.17, 15) is 33.0 Å². The molecule has 0 radical (unpaired) electrons. The molecule has 3 N–H and O–H groups in total. The first kappa shape index (κ1) is 22.1. The van der Waals surface area contributed by atoms with Crippen LogP contribution in [0.25, 0.3) is 0 Å². The normalized spacial score (nSPS) is 25.0. The Hall–Kier alpha value is -2.18. The van der Waals surface area contributed by atoms with E-state index in [-0.39, 0.29) is 6.61 Å². The topological polar surface area (TPSA) is 123 Å². The van der Waals surface area contributed by atoms with Gasteiger partial charge in [-0.3, -0.25) is 9.88 Å². The summed E-state index contributed by atoms with van der Waals surface area (Å²) in [5.41, 5.74) is -2.64. The molecule has 9 nitrogen and oxygen atoms in total. The van der Waals surface area contributed by atoms with Crippen molar-refractivity contribution >= 4 is 11.9 Å². The molecule has 1 aliphatic heterocycles. The van der Waals surface area contributed by atoms with Crippen molar-refractivity contribution in [2.75, 3.05) is 11.9 Å². The number of hydrogen-bond donors (Lipinski definition) is 3. The smallest absolute Gasteiger partial charge is 0.421 e. The van der Waals surface area contributed by atoms with E-state index >= 15 is 0 Å². The summed E-state index contributed by atoms with van der Waals surface area (Å²) in [6, 6.07) is 0. The average molecular weight is 409 g/mol. The van der Waals surface area contributed by atoms with Gasteiger partial charge in [-0.1, -0.05) is 19.8 Å². The summed E-state index contributed by atoms with van der Waals surface area (Å²) in [5.74, 6) is -1.02. The third-order valence-electron chi connectivity index (χ3n) is 4.21. The Bertz CT molecular complexity index is 754. The molecular formula is C16H22F3N3O6. The fourth-order valence-corrected chi connectivity index (χ4v) is 2.66. The zero-order valence-electron chi connectivity index (χ0n) is 15.3. The van der Waals surface area contributed by atoms with Gasteiger partial charge in [0.15, 0.2) is 12.0 Å². The quantitative estimate of drug-likeness (QED) is 0.611. The van der Waals surface area contributed by atoms with Gasteiger partial charge in [0.1, 0.15) is 17.8 Å². The molecule has 1 aromatic rings. The summed E-state index contributed by atoms with van der Waals surface area (Å²) >= 11 is 0. The Morgan fingerprint density at radius 3 is 2.57 bits per heavy atom. The molecule has 12 heteroatoms. The number of amides is 1. The number of anilines is 1. The van der Waals surface area contributed by atoms with Crippen LogP contribution in [0.3, 0.4) is 0 Å². The molecule has 2 rings (SSSR count). The Balaban J connectivity index is 2.29. The molecule has 0 saturated carbocycles. The predicted octanol–water partition coefficient (Wildman–Crippen LogP) is 1.64. The van der Waals surface area contributed by atoms with Gasteiger partial charge in [-0.15, -0.1) is 0 Å². The number of nitrogens with one attached hydrogen (secondary N) is 1. The Morgan fingerprint density at radius 1 is 1.36 bits per heavy atom. The Labute approximate surface area is 158 Å². The van der Waals surface area contributed by atoms with Crippen LogP contribution in [0.4, 0.5) is 23.8 Å². The summed E-state index contributed by atoms with van der Waals surface area (Å²) in [7, 11) is 0. The number of aliphatic hydroxyl groups excluding tert-OH is 2. The molecule has 0 spiro atoms. The number of nitrogens with zero attached hydrogens (tertiary/aromatic N) is 2. The van der Waals surface area contributed by atoms with Gasteiger partial charge < -0.3 is 19.7 Å². The number of halogens is 3. The molecular weight excluding hydrogens is 387 g/mol. The van der Waals surface area contributed by atoms with E-state index < -0.39 is 53.9 Å². The monoisotopic (exact) mass is 409 g/mol. The second kappa shape index (κ2) is 8.88. The van der Waals surface area contributed by atoms with Crippen LogP contribution in [0.15, 0.2) is 11.0 Å². The lowest BCUT2D eigenvalue weighted by atomic mass is 10.1. The maximum absolute atomic E-state index is 13.4. The molecule has 0 aliphatic carbocycles. The highest BCUT2D eigenvalue weighted by Gasteiger charge is 2.43.